The molecule has 7 heteroatoms. The average Bonchev–Trinajstić information content (AvgIpc) is 3.35. The zero-order valence-corrected chi connectivity index (χ0v) is 17.6. The van der Waals surface area contributed by atoms with Crippen molar-refractivity contribution in [2.24, 2.45) is 0 Å². The van der Waals surface area contributed by atoms with Crippen LogP contribution in [0.2, 0.25) is 0 Å². The summed E-state index contributed by atoms with van der Waals surface area (Å²) in [7, 11) is 1.53. The molecule has 0 aliphatic carbocycles. The number of carbonyl (C=O) groups is 2. The van der Waals surface area contributed by atoms with Crippen molar-refractivity contribution in [3.8, 4) is 0 Å². The Balaban J connectivity index is 1.47. The Bertz CT molecular complexity index is 932. The van der Waals surface area contributed by atoms with Gasteiger partial charge in [-0.15, -0.1) is 0 Å². The molecule has 2 aliphatic rings. The van der Waals surface area contributed by atoms with Gasteiger partial charge >= 0.3 is 0 Å². The molecule has 3 heterocycles. The monoisotopic (exact) mass is 408 g/mol. The number of aromatic nitrogens is 2. The van der Waals surface area contributed by atoms with Crippen LogP contribution in [0.25, 0.3) is 0 Å². The molecule has 2 aromatic rings. The van der Waals surface area contributed by atoms with Gasteiger partial charge in [-0.3, -0.25) is 14.5 Å². The van der Waals surface area contributed by atoms with Gasteiger partial charge in [0.1, 0.15) is 18.2 Å². The second kappa shape index (κ2) is 8.92. The summed E-state index contributed by atoms with van der Waals surface area (Å²) < 4.78 is 4.97. The predicted octanol–water partition coefficient (Wildman–Crippen LogP) is 2.27. The minimum Gasteiger partial charge on any atom is -0.375 e. The maximum Gasteiger partial charge on any atom is 0.248 e. The summed E-state index contributed by atoms with van der Waals surface area (Å²) in [5.74, 6) is 1.68. The number of methoxy groups -OCH3 is 1. The summed E-state index contributed by atoms with van der Waals surface area (Å²) >= 11 is 0. The van der Waals surface area contributed by atoms with E-state index >= 15 is 0 Å². The van der Waals surface area contributed by atoms with Gasteiger partial charge < -0.3 is 9.64 Å². The molecule has 0 spiro atoms. The molecular formula is C23H28N4O3. The van der Waals surface area contributed by atoms with E-state index in [2.05, 4.69) is 12.1 Å². The molecule has 0 N–H and O–H groups in total. The van der Waals surface area contributed by atoms with E-state index in [9.17, 15) is 9.59 Å². The number of amides is 2. The van der Waals surface area contributed by atoms with Crippen molar-refractivity contribution in [3.63, 3.8) is 0 Å². The summed E-state index contributed by atoms with van der Waals surface area (Å²) in [6, 6.07) is 10.3. The van der Waals surface area contributed by atoms with Crippen molar-refractivity contribution in [1.82, 2.24) is 14.9 Å². The molecular weight excluding hydrogens is 380 g/mol. The molecule has 1 atom stereocenters. The smallest absolute Gasteiger partial charge is 0.248 e. The van der Waals surface area contributed by atoms with Crippen molar-refractivity contribution >= 4 is 17.6 Å². The second-order valence-electron chi connectivity index (χ2n) is 8.04. The van der Waals surface area contributed by atoms with Crippen molar-refractivity contribution in [2.45, 2.75) is 38.5 Å². The number of nitrogens with zero attached hydrogens (tertiary/aromatic N) is 4. The normalized spacial score (nSPS) is 18.2. The Morgan fingerprint density at radius 2 is 2.03 bits per heavy atom. The van der Waals surface area contributed by atoms with Gasteiger partial charge in [-0.05, 0) is 31.7 Å². The molecule has 30 heavy (non-hydrogen) atoms. The molecule has 2 aliphatic heterocycles. The molecule has 0 unspecified atom stereocenters. The fraction of sp³-hybridized carbons (Fsp3) is 0.478. The first-order valence-electron chi connectivity index (χ1n) is 10.5. The number of rotatable bonds is 7. The average molecular weight is 409 g/mol. The standard InChI is InChI=1S/C23H28N4O3/c1-16-19-13-20(28)27(11-6-9-17-7-4-3-5-8-17)23(19)25-22(24-16)18-10-12-26(14-18)21(29)15-30-2/h3-5,7-8,18H,6,9-15H2,1-2H3/t18-/m0/s1. The van der Waals surface area contributed by atoms with Crippen LogP contribution >= 0.6 is 0 Å². The lowest BCUT2D eigenvalue weighted by molar-refractivity contribution is -0.134. The first-order chi connectivity index (χ1) is 14.6. The molecule has 1 saturated heterocycles. The van der Waals surface area contributed by atoms with E-state index in [1.165, 1.54) is 12.7 Å². The SMILES string of the molecule is COCC(=O)N1CC[C@H](c2nc(C)c3c(n2)N(CCCc2ccccc2)C(=O)C3)C1. The van der Waals surface area contributed by atoms with E-state index in [4.69, 9.17) is 14.7 Å². The summed E-state index contributed by atoms with van der Waals surface area (Å²) in [5, 5.41) is 0. The highest BCUT2D eigenvalue weighted by atomic mass is 16.5. The number of benzene rings is 1. The molecule has 7 nitrogen and oxygen atoms in total. The lowest BCUT2D eigenvalue weighted by atomic mass is 10.1. The van der Waals surface area contributed by atoms with Crippen LogP contribution in [0.5, 0.6) is 0 Å². The van der Waals surface area contributed by atoms with E-state index in [0.29, 0.717) is 26.1 Å². The first-order valence-corrected chi connectivity index (χ1v) is 10.5. The lowest BCUT2D eigenvalue weighted by Crippen LogP contribution is -2.31. The topological polar surface area (TPSA) is 75.6 Å². The maximum atomic E-state index is 12.7. The van der Waals surface area contributed by atoms with E-state index in [1.54, 1.807) is 0 Å². The van der Waals surface area contributed by atoms with Crippen LogP contribution < -0.4 is 4.90 Å². The Morgan fingerprint density at radius 1 is 1.23 bits per heavy atom. The highest BCUT2D eigenvalue weighted by Gasteiger charge is 2.34. The summed E-state index contributed by atoms with van der Waals surface area (Å²) in [6.45, 7) is 3.99. The number of fused-ring (bicyclic) bond motifs is 1. The largest absolute Gasteiger partial charge is 0.375 e. The Labute approximate surface area is 177 Å². The van der Waals surface area contributed by atoms with Gasteiger partial charge in [-0.2, -0.15) is 0 Å². The first kappa shape index (κ1) is 20.5. The van der Waals surface area contributed by atoms with E-state index < -0.39 is 0 Å². The molecule has 4 rings (SSSR count). The Morgan fingerprint density at radius 3 is 2.80 bits per heavy atom. The minimum absolute atomic E-state index is 0.00408. The molecule has 1 aromatic heterocycles. The van der Waals surface area contributed by atoms with Crippen LogP contribution in [-0.4, -0.2) is 60.0 Å². The van der Waals surface area contributed by atoms with E-state index in [0.717, 1.165) is 42.2 Å². The lowest BCUT2D eigenvalue weighted by Gasteiger charge is -2.19. The number of aryl methyl sites for hydroxylation is 2. The van der Waals surface area contributed by atoms with Gasteiger partial charge in [-0.25, -0.2) is 9.97 Å². The Hall–Kier alpha value is -2.80. The highest BCUT2D eigenvalue weighted by molar-refractivity contribution is 6.00. The van der Waals surface area contributed by atoms with Gasteiger partial charge in [0.15, 0.2) is 0 Å². The van der Waals surface area contributed by atoms with Crippen LogP contribution in [0.4, 0.5) is 5.82 Å². The quantitative estimate of drug-likeness (QED) is 0.703. The summed E-state index contributed by atoms with van der Waals surface area (Å²) in [6.07, 6.45) is 3.01. The zero-order chi connectivity index (χ0) is 21.1. The molecule has 158 valence electrons. The van der Waals surface area contributed by atoms with Gasteiger partial charge in [0.05, 0.1) is 6.42 Å². The van der Waals surface area contributed by atoms with Crippen LogP contribution in [0.3, 0.4) is 0 Å². The molecule has 1 aromatic carbocycles. The highest BCUT2D eigenvalue weighted by Crippen LogP contribution is 2.33. The number of carbonyl (C=O) groups excluding carboxylic acids is 2. The number of likely N-dealkylation sites (tertiary alicyclic amines) is 1. The van der Waals surface area contributed by atoms with E-state index in [-0.39, 0.29) is 24.3 Å². The predicted molar refractivity (Wildman–Crippen MR) is 113 cm³/mol. The second-order valence-corrected chi connectivity index (χ2v) is 8.04. The molecule has 2 amide bonds. The van der Waals surface area contributed by atoms with Crippen LogP contribution in [0.15, 0.2) is 30.3 Å². The van der Waals surface area contributed by atoms with Crippen LogP contribution in [-0.2, 0) is 27.2 Å². The minimum atomic E-state index is -0.00408. The summed E-state index contributed by atoms with van der Waals surface area (Å²) in [5.41, 5.74) is 3.08. The van der Waals surface area contributed by atoms with Crippen molar-refractivity contribution < 1.29 is 14.3 Å². The van der Waals surface area contributed by atoms with Gasteiger partial charge in [0.25, 0.3) is 0 Å². The van der Waals surface area contributed by atoms with Crippen LogP contribution in [0.1, 0.15) is 41.4 Å². The van der Waals surface area contributed by atoms with E-state index in [1.807, 2.05) is 34.9 Å². The Kier molecular flexibility index (Phi) is 6.08. The number of hydrogen-bond acceptors (Lipinski definition) is 5. The molecule has 0 saturated carbocycles. The van der Waals surface area contributed by atoms with Gasteiger partial charge in [-0.1, -0.05) is 30.3 Å². The van der Waals surface area contributed by atoms with Crippen LogP contribution in [0, 0.1) is 6.92 Å². The zero-order valence-electron chi connectivity index (χ0n) is 17.6. The number of hydrogen-bond donors (Lipinski definition) is 0. The third-order valence-corrected chi connectivity index (χ3v) is 5.96. The van der Waals surface area contributed by atoms with Crippen molar-refractivity contribution in [3.05, 3.63) is 53.0 Å². The number of ether oxygens (including phenoxy) is 1. The number of anilines is 1. The third-order valence-electron chi connectivity index (χ3n) is 5.96. The maximum absolute atomic E-state index is 12.7. The fourth-order valence-electron chi connectivity index (χ4n) is 4.31. The van der Waals surface area contributed by atoms with Crippen molar-refractivity contribution in [1.29, 1.82) is 0 Å². The van der Waals surface area contributed by atoms with Gasteiger partial charge in [0.2, 0.25) is 11.8 Å². The van der Waals surface area contributed by atoms with Gasteiger partial charge in [0, 0.05) is 43.9 Å². The third kappa shape index (κ3) is 4.21. The van der Waals surface area contributed by atoms with Crippen molar-refractivity contribution in [2.75, 3.05) is 38.3 Å². The molecule has 0 bridgehead atoms. The molecule has 0 radical (unpaired) electrons. The fourth-order valence-corrected chi connectivity index (χ4v) is 4.31. The summed E-state index contributed by atoms with van der Waals surface area (Å²) in [4.78, 5) is 37.9. The molecule has 1 fully saturated rings.